The lowest BCUT2D eigenvalue weighted by Gasteiger charge is -2.10. The third-order valence-electron chi connectivity index (χ3n) is 4.70. The molecule has 3 heterocycles. The molecule has 0 spiro atoms. The molecule has 5 aromatic rings. The van der Waals surface area contributed by atoms with Crippen LogP contribution in [0.15, 0.2) is 67.0 Å². The summed E-state index contributed by atoms with van der Waals surface area (Å²) >= 11 is 0. The van der Waals surface area contributed by atoms with Crippen LogP contribution in [0.25, 0.3) is 22.1 Å². The second kappa shape index (κ2) is 7.75. The van der Waals surface area contributed by atoms with Crippen molar-refractivity contribution in [1.29, 1.82) is 0 Å². The molecular formula is C22H18FN7. The molecule has 0 fully saturated rings. The zero-order valence-electron chi connectivity index (χ0n) is 15.9. The Labute approximate surface area is 171 Å². The van der Waals surface area contributed by atoms with E-state index < -0.39 is 0 Å². The molecule has 0 saturated carbocycles. The summed E-state index contributed by atoms with van der Waals surface area (Å²) in [6.45, 7) is 0.647. The van der Waals surface area contributed by atoms with Crippen molar-refractivity contribution in [2.75, 3.05) is 17.2 Å². The number of rotatable bonds is 6. The van der Waals surface area contributed by atoms with Gasteiger partial charge in [-0.3, -0.25) is 0 Å². The van der Waals surface area contributed by atoms with E-state index in [1.165, 1.54) is 17.5 Å². The first-order valence-corrected chi connectivity index (χ1v) is 9.56. The van der Waals surface area contributed by atoms with Crippen LogP contribution in [0.2, 0.25) is 0 Å². The lowest BCUT2D eigenvalue weighted by molar-refractivity contribution is 0.628. The van der Waals surface area contributed by atoms with Crippen molar-refractivity contribution in [2.45, 2.75) is 6.42 Å². The van der Waals surface area contributed by atoms with Crippen molar-refractivity contribution in [1.82, 2.24) is 24.9 Å². The molecule has 0 aliphatic heterocycles. The van der Waals surface area contributed by atoms with Crippen LogP contribution in [0.4, 0.5) is 21.8 Å². The SMILES string of the molecule is Fc1ccc(Nc2nc(NCCc3cc4ccccc4[nH]3)nc3nccnc23)cc1. The molecule has 0 radical (unpaired) electrons. The van der Waals surface area contributed by atoms with E-state index in [1.54, 1.807) is 24.5 Å². The van der Waals surface area contributed by atoms with Crippen LogP contribution in [-0.4, -0.2) is 31.5 Å². The molecule has 2 aromatic carbocycles. The Morgan fingerprint density at radius 3 is 2.63 bits per heavy atom. The van der Waals surface area contributed by atoms with Gasteiger partial charge >= 0.3 is 0 Å². The van der Waals surface area contributed by atoms with Crippen molar-refractivity contribution in [3.05, 3.63) is 78.5 Å². The molecule has 0 aliphatic carbocycles. The highest BCUT2D eigenvalue weighted by Crippen LogP contribution is 2.22. The van der Waals surface area contributed by atoms with E-state index in [2.05, 4.69) is 53.8 Å². The highest BCUT2D eigenvalue weighted by molar-refractivity contribution is 5.85. The Morgan fingerprint density at radius 2 is 1.77 bits per heavy atom. The number of anilines is 3. The fourth-order valence-electron chi connectivity index (χ4n) is 3.28. The molecule has 0 amide bonds. The first-order valence-electron chi connectivity index (χ1n) is 9.56. The van der Waals surface area contributed by atoms with E-state index in [0.717, 1.165) is 17.6 Å². The number of para-hydroxylation sites is 1. The predicted molar refractivity (Wildman–Crippen MR) is 115 cm³/mol. The molecule has 0 bridgehead atoms. The number of H-pyrrole nitrogens is 1. The third kappa shape index (κ3) is 3.75. The average Bonchev–Trinajstić information content (AvgIpc) is 3.18. The van der Waals surface area contributed by atoms with Crippen LogP contribution in [0.1, 0.15) is 5.69 Å². The summed E-state index contributed by atoms with van der Waals surface area (Å²) in [5.74, 6) is 0.656. The number of aromatic nitrogens is 5. The Hall–Kier alpha value is -4.07. The minimum absolute atomic E-state index is 0.299. The molecule has 7 nitrogen and oxygen atoms in total. The first-order chi connectivity index (χ1) is 14.7. The lowest BCUT2D eigenvalue weighted by atomic mass is 10.2. The number of hydrogen-bond acceptors (Lipinski definition) is 6. The van der Waals surface area contributed by atoms with Gasteiger partial charge in [0.05, 0.1) is 0 Å². The highest BCUT2D eigenvalue weighted by atomic mass is 19.1. The number of halogens is 1. The summed E-state index contributed by atoms with van der Waals surface area (Å²) in [5.41, 5.74) is 3.98. The van der Waals surface area contributed by atoms with Gasteiger partial charge in [0.2, 0.25) is 5.95 Å². The quantitative estimate of drug-likeness (QED) is 0.391. The van der Waals surface area contributed by atoms with Crippen LogP contribution in [0.5, 0.6) is 0 Å². The molecule has 3 aromatic heterocycles. The van der Waals surface area contributed by atoms with Gasteiger partial charge in [0.1, 0.15) is 5.82 Å². The monoisotopic (exact) mass is 399 g/mol. The summed E-state index contributed by atoms with van der Waals surface area (Å²) in [4.78, 5) is 21.1. The lowest BCUT2D eigenvalue weighted by Crippen LogP contribution is -2.10. The van der Waals surface area contributed by atoms with Crippen molar-refractivity contribution < 1.29 is 4.39 Å². The maximum absolute atomic E-state index is 13.2. The topological polar surface area (TPSA) is 91.4 Å². The molecular weight excluding hydrogens is 381 g/mol. The first kappa shape index (κ1) is 18.0. The van der Waals surface area contributed by atoms with Gasteiger partial charge in [0.25, 0.3) is 0 Å². The van der Waals surface area contributed by atoms with Crippen molar-refractivity contribution in [3.8, 4) is 0 Å². The Kier molecular flexibility index (Phi) is 4.65. The fraction of sp³-hybridized carbons (Fsp3) is 0.0909. The maximum Gasteiger partial charge on any atom is 0.226 e. The van der Waals surface area contributed by atoms with E-state index in [9.17, 15) is 4.39 Å². The zero-order valence-corrected chi connectivity index (χ0v) is 15.9. The van der Waals surface area contributed by atoms with E-state index >= 15 is 0 Å². The summed E-state index contributed by atoms with van der Waals surface area (Å²) in [5, 5.41) is 7.62. The van der Waals surface area contributed by atoms with Crippen LogP contribution in [0.3, 0.4) is 0 Å². The molecule has 5 rings (SSSR count). The van der Waals surface area contributed by atoms with Crippen LogP contribution >= 0.6 is 0 Å². The second-order valence-electron chi connectivity index (χ2n) is 6.81. The van der Waals surface area contributed by atoms with E-state index in [4.69, 9.17) is 0 Å². The minimum Gasteiger partial charge on any atom is -0.358 e. The molecule has 3 N–H and O–H groups in total. The zero-order chi connectivity index (χ0) is 20.3. The second-order valence-corrected chi connectivity index (χ2v) is 6.81. The number of fused-ring (bicyclic) bond motifs is 2. The number of hydrogen-bond donors (Lipinski definition) is 3. The van der Waals surface area contributed by atoms with Gasteiger partial charge in [-0.25, -0.2) is 14.4 Å². The molecule has 0 unspecified atom stereocenters. The smallest absolute Gasteiger partial charge is 0.226 e. The maximum atomic E-state index is 13.2. The number of benzene rings is 2. The van der Waals surface area contributed by atoms with Gasteiger partial charge in [0.15, 0.2) is 17.0 Å². The molecule has 8 heteroatoms. The van der Waals surface area contributed by atoms with E-state index in [0.29, 0.717) is 35.2 Å². The average molecular weight is 399 g/mol. The molecule has 0 aliphatic rings. The Morgan fingerprint density at radius 1 is 0.933 bits per heavy atom. The summed E-state index contributed by atoms with van der Waals surface area (Å²) in [6, 6.07) is 16.4. The van der Waals surface area contributed by atoms with Gasteiger partial charge in [-0.1, -0.05) is 18.2 Å². The highest BCUT2D eigenvalue weighted by Gasteiger charge is 2.10. The molecule has 0 atom stereocenters. The minimum atomic E-state index is -0.299. The Bertz CT molecular complexity index is 1280. The third-order valence-corrected chi connectivity index (χ3v) is 4.70. The van der Waals surface area contributed by atoms with Crippen LogP contribution in [-0.2, 0) is 6.42 Å². The normalized spacial score (nSPS) is 11.1. The van der Waals surface area contributed by atoms with Gasteiger partial charge in [0, 0.05) is 42.3 Å². The number of nitrogens with zero attached hydrogens (tertiary/aromatic N) is 4. The number of aromatic amines is 1. The summed E-state index contributed by atoms with van der Waals surface area (Å²) in [7, 11) is 0. The van der Waals surface area contributed by atoms with E-state index in [1.807, 2.05) is 12.1 Å². The fourth-order valence-corrected chi connectivity index (χ4v) is 3.28. The Balaban J connectivity index is 1.36. The van der Waals surface area contributed by atoms with Crippen LogP contribution in [0, 0.1) is 5.82 Å². The van der Waals surface area contributed by atoms with Crippen molar-refractivity contribution in [2.24, 2.45) is 0 Å². The van der Waals surface area contributed by atoms with Crippen molar-refractivity contribution >= 4 is 39.5 Å². The largest absolute Gasteiger partial charge is 0.358 e. The molecule has 30 heavy (non-hydrogen) atoms. The summed E-state index contributed by atoms with van der Waals surface area (Å²) in [6.07, 6.45) is 3.97. The standard InChI is InChI=1S/C22H18FN7/c23-15-5-7-16(8-6-15)28-21-19-20(25-12-11-24-19)29-22(30-21)26-10-9-17-13-14-3-1-2-4-18(14)27-17/h1-8,11-13,27H,9-10H2,(H2,25,26,28,29,30). The van der Waals surface area contributed by atoms with Crippen molar-refractivity contribution in [3.63, 3.8) is 0 Å². The van der Waals surface area contributed by atoms with Gasteiger partial charge in [-0.2, -0.15) is 9.97 Å². The van der Waals surface area contributed by atoms with Gasteiger partial charge < -0.3 is 15.6 Å². The van der Waals surface area contributed by atoms with Crippen LogP contribution < -0.4 is 10.6 Å². The predicted octanol–water partition coefficient (Wildman–Crippen LogP) is 4.44. The van der Waals surface area contributed by atoms with E-state index in [-0.39, 0.29) is 5.82 Å². The van der Waals surface area contributed by atoms with Gasteiger partial charge in [-0.05, 0) is 41.8 Å². The number of nitrogens with one attached hydrogen (secondary N) is 3. The molecule has 148 valence electrons. The van der Waals surface area contributed by atoms with Gasteiger partial charge in [-0.15, -0.1) is 0 Å². The molecule has 0 saturated heterocycles. The summed E-state index contributed by atoms with van der Waals surface area (Å²) < 4.78 is 13.2.